The molecule has 3 aromatic carbocycles. The highest BCUT2D eigenvalue weighted by molar-refractivity contribution is 5.90. The summed E-state index contributed by atoms with van der Waals surface area (Å²) in [6, 6.07) is 26.9. The largest absolute Gasteiger partial charge is 0.457 e. The van der Waals surface area contributed by atoms with E-state index in [4.69, 9.17) is 9.84 Å². The summed E-state index contributed by atoms with van der Waals surface area (Å²) in [5.74, 6) is 1.53. The first-order chi connectivity index (χ1) is 16.1. The molecular formula is C27H27N3O3. The van der Waals surface area contributed by atoms with Crippen LogP contribution in [0.5, 0.6) is 11.5 Å². The number of hydrogen-bond donors (Lipinski definition) is 2. The number of aliphatic hydroxyl groups is 1. The van der Waals surface area contributed by atoms with E-state index < -0.39 is 0 Å². The Bertz CT molecular complexity index is 1200. The fourth-order valence-electron chi connectivity index (χ4n) is 3.55. The van der Waals surface area contributed by atoms with E-state index >= 15 is 0 Å². The van der Waals surface area contributed by atoms with Crippen LogP contribution in [-0.4, -0.2) is 20.8 Å². The molecule has 0 saturated carbocycles. The predicted molar refractivity (Wildman–Crippen MR) is 129 cm³/mol. The van der Waals surface area contributed by atoms with Crippen LogP contribution in [0.15, 0.2) is 84.9 Å². The number of anilines is 1. The lowest BCUT2D eigenvalue weighted by Crippen LogP contribution is -2.11. The van der Waals surface area contributed by atoms with Crippen LogP contribution < -0.4 is 10.1 Å². The molecule has 0 spiro atoms. The molecule has 0 aliphatic heterocycles. The lowest BCUT2D eigenvalue weighted by atomic mass is 10.1. The molecular weight excluding hydrogens is 414 g/mol. The lowest BCUT2D eigenvalue weighted by Gasteiger charge is -2.09. The van der Waals surface area contributed by atoms with Gasteiger partial charge in [0.1, 0.15) is 11.5 Å². The molecule has 1 heterocycles. The molecule has 0 radical (unpaired) electrons. The maximum absolute atomic E-state index is 11.9. The highest BCUT2D eigenvalue weighted by atomic mass is 16.5. The molecule has 0 aliphatic carbocycles. The third-order valence-corrected chi connectivity index (χ3v) is 5.17. The average Bonchev–Trinajstić information content (AvgIpc) is 3.23. The molecule has 1 amide bonds. The summed E-state index contributed by atoms with van der Waals surface area (Å²) >= 11 is 0. The number of nitrogens with zero attached hydrogens (tertiary/aromatic N) is 2. The Kier molecular flexibility index (Phi) is 7.17. The van der Waals surface area contributed by atoms with E-state index in [1.54, 1.807) is 4.68 Å². The third kappa shape index (κ3) is 5.87. The molecule has 6 nitrogen and oxygen atoms in total. The topological polar surface area (TPSA) is 76.4 Å². The zero-order valence-corrected chi connectivity index (χ0v) is 18.6. The van der Waals surface area contributed by atoms with E-state index in [-0.39, 0.29) is 12.5 Å². The maximum Gasteiger partial charge on any atom is 0.224 e. The first kappa shape index (κ1) is 22.3. The monoisotopic (exact) mass is 441 g/mol. The van der Waals surface area contributed by atoms with Gasteiger partial charge >= 0.3 is 0 Å². The van der Waals surface area contributed by atoms with E-state index in [0.29, 0.717) is 13.0 Å². The second-order valence-corrected chi connectivity index (χ2v) is 7.77. The summed E-state index contributed by atoms with van der Waals surface area (Å²) in [4.78, 5) is 11.9. The van der Waals surface area contributed by atoms with Gasteiger partial charge in [0, 0.05) is 17.7 Å². The van der Waals surface area contributed by atoms with E-state index in [9.17, 15) is 9.90 Å². The number of benzene rings is 3. The minimum Gasteiger partial charge on any atom is -0.457 e. The number of rotatable bonds is 9. The highest BCUT2D eigenvalue weighted by Crippen LogP contribution is 2.26. The van der Waals surface area contributed by atoms with Crippen molar-refractivity contribution in [2.24, 2.45) is 0 Å². The number of carbonyl (C=O) groups excluding carboxylic acids is 1. The van der Waals surface area contributed by atoms with Gasteiger partial charge < -0.3 is 15.2 Å². The van der Waals surface area contributed by atoms with Crippen LogP contribution in [-0.2, 0) is 17.9 Å². The zero-order valence-electron chi connectivity index (χ0n) is 18.6. The van der Waals surface area contributed by atoms with Crippen molar-refractivity contribution in [2.45, 2.75) is 32.9 Å². The summed E-state index contributed by atoms with van der Waals surface area (Å²) in [5.41, 5.74) is 4.18. The highest BCUT2D eigenvalue weighted by Gasteiger charge is 2.11. The fraction of sp³-hybridized carbons (Fsp3) is 0.185. The van der Waals surface area contributed by atoms with Crippen molar-refractivity contribution in [3.63, 3.8) is 0 Å². The zero-order chi connectivity index (χ0) is 23.0. The summed E-state index contributed by atoms with van der Waals surface area (Å²) in [6.45, 7) is 2.35. The van der Waals surface area contributed by atoms with Crippen LogP contribution in [0.4, 0.5) is 5.69 Å². The summed E-state index contributed by atoms with van der Waals surface area (Å²) in [5, 5.41) is 17.5. The van der Waals surface area contributed by atoms with Gasteiger partial charge in [0.05, 0.1) is 24.5 Å². The average molecular weight is 442 g/mol. The number of para-hydroxylation sites is 1. The molecule has 0 aliphatic rings. The molecule has 4 aromatic rings. The SMILES string of the molecule is CCCC(=O)Nc1cccc(Cn2nc(-c3ccc(Oc4ccccc4)cc3)cc2CO)c1. The van der Waals surface area contributed by atoms with Gasteiger partial charge in [0.25, 0.3) is 0 Å². The molecule has 1 aromatic heterocycles. The minimum atomic E-state index is -0.116. The summed E-state index contributed by atoms with van der Waals surface area (Å²) in [6.07, 6.45) is 1.30. The van der Waals surface area contributed by atoms with Gasteiger partial charge in [-0.1, -0.05) is 37.3 Å². The third-order valence-electron chi connectivity index (χ3n) is 5.17. The van der Waals surface area contributed by atoms with Gasteiger partial charge in [-0.05, 0) is 66.6 Å². The Hall–Kier alpha value is -3.90. The van der Waals surface area contributed by atoms with Crippen molar-refractivity contribution < 1.29 is 14.6 Å². The smallest absolute Gasteiger partial charge is 0.224 e. The van der Waals surface area contributed by atoms with Crippen molar-refractivity contribution >= 4 is 11.6 Å². The van der Waals surface area contributed by atoms with Gasteiger partial charge in [-0.15, -0.1) is 0 Å². The molecule has 6 heteroatoms. The normalized spacial score (nSPS) is 10.7. The van der Waals surface area contributed by atoms with E-state index in [2.05, 4.69) is 5.32 Å². The summed E-state index contributed by atoms with van der Waals surface area (Å²) in [7, 11) is 0. The number of hydrogen-bond acceptors (Lipinski definition) is 4. The Balaban J connectivity index is 1.49. The Morgan fingerprint density at radius 1 is 0.970 bits per heavy atom. The Morgan fingerprint density at radius 2 is 1.73 bits per heavy atom. The number of carbonyl (C=O) groups is 1. The van der Waals surface area contributed by atoms with Gasteiger partial charge in [0.15, 0.2) is 0 Å². The summed E-state index contributed by atoms with van der Waals surface area (Å²) < 4.78 is 7.65. The molecule has 168 valence electrons. The molecule has 0 saturated heterocycles. The van der Waals surface area contributed by atoms with Crippen LogP contribution in [0.3, 0.4) is 0 Å². The quantitative estimate of drug-likeness (QED) is 0.353. The van der Waals surface area contributed by atoms with Crippen LogP contribution >= 0.6 is 0 Å². The van der Waals surface area contributed by atoms with Crippen molar-refractivity contribution in [2.75, 3.05) is 5.32 Å². The number of ether oxygens (including phenoxy) is 1. The molecule has 4 rings (SSSR count). The first-order valence-electron chi connectivity index (χ1n) is 11.0. The lowest BCUT2D eigenvalue weighted by molar-refractivity contribution is -0.116. The standard InChI is InChI=1S/C27H27N3O3/c1-2-7-27(32)28-22-9-6-8-20(16-22)18-30-23(19-31)17-26(29-30)21-12-14-25(15-13-21)33-24-10-4-3-5-11-24/h3-6,8-17,31H,2,7,18-19H2,1H3,(H,28,32). The van der Waals surface area contributed by atoms with Crippen molar-refractivity contribution in [3.05, 3.63) is 96.2 Å². The van der Waals surface area contributed by atoms with Crippen LogP contribution in [0.2, 0.25) is 0 Å². The van der Waals surface area contributed by atoms with Crippen LogP contribution in [0.1, 0.15) is 31.0 Å². The van der Waals surface area contributed by atoms with E-state index in [1.807, 2.05) is 91.9 Å². The van der Waals surface area contributed by atoms with Gasteiger partial charge in [-0.25, -0.2) is 0 Å². The van der Waals surface area contributed by atoms with Crippen LogP contribution in [0.25, 0.3) is 11.3 Å². The molecule has 0 atom stereocenters. The van der Waals surface area contributed by atoms with Crippen LogP contribution in [0, 0.1) is 0 Å². The van der Waals surface area contributed by atoms with Crippen molar-refractivity contribution in [1.82, 2.24) is 9.78 Å². The molecule has 0 unspecified atom stereocenters. The molecule has 33 heavy (non-hydrogen) atoms. The minimum absolute atomic E-state index is 0.00626. The van der Waals surface area contributed by atoms with E-state index in [0.717, 1.165) is 46.1 Å². The molecule has 0 bridgehead atoms. The second kappa shape index (κ2) is 10.6. The Morgan fingerprint density at radius 3 is 2.45 bits per heavy atom. The number of aromatic nitrogens is 2. The molecule has 0 fully saturated rings. The van der Waals surface area contributed by atoms with Gasteiger partial charge in [-0.3, -0.25) is 9.48 Å². The van der Waals surface area contributed by atoms with Gasteiger partial charge in [-0.2, -0.15) is 5.10 Å². The Labute approximate surface area is 193 Å². The first-order valence-corrected chi connectivity index (χ1v) is 11.0. The predicted octanol–water partition coefficient (Wildman–Crippen LogP) is 5.62. The van der Waals surface area contributed by atoms with Gasteiger partial charge in [0.2, 0.25) is 5.91 Å². The van der Waals surface area contributed by atoms with Crippen molar-refractivity contribution in [3.8, 4) is 22.8 Å². The number of aliphatic hydroxyl groups excluding tert-OH is 1. The second-order valence-electron chi connectivity index (χ2n) is 7.77. The maximum atomic E-state index is 11.9. The molecule has 2 N–H and O–H groups in total. The fourth-order valence-corrected chi connectivity index (χ4v) is 3.55. The van der Waals surface area contributed by atoms with Crippen molar-refractivity contribution in [1.29, 1.82) is 0 Å². The van der Waals surface area contributed by atoms with E-state index in [1.165, 1.54) is 0 Å². The number of nitrogens with one attached hydrogen (secondary N) is 1. The number of amides is 1.